The van der Waals surface area contributed by atoms with Crippen LogP contribution >= 0.6 is 0 Å². The van der Waals surface area contributed by atoms with Gasteiger partial charge in [-0.2, -0.15) is 0 Å². The SMILES string of the molecule is Cc1[c]ccc(-n2cnnn2)c1. The van der Waals surface area contributed by atoms with Crippen LogP contribution in [0.3, 0.4) is 0 Å². The summed E-state index contributed by atoms with van der Waals surface area (Å²) in [5.74, 6) is 0. The highest BCUT2D eigenvalue weighted by Crippen LogP contribution is 2.05. The van der Waals surface area contributed by atoms with Crippen LogP contribution in [-0.2, 0) is 0 Å². The van der Waals surface area contributed by atoms with E-state index < -0.39 is 0 Å². The van der Waals surface area contributed by atoms with E-state index in [-0.39, 0.29) is 0 Å². The molecule has 0 fully saturated rings. The van der Waals surface area contributed by atoms with Crippen molar-refractivity contribution in [1.82, 2.24) is 20.2 Å². The highest BCUT2D eigenvalue weighted by Gasteiger charge is 1.95. The van der Waals surface area contributed by atoms with Crippen LogP contribution in [0.4, 0.5) is 0 Å². The summed E-state index contributed by atoms with van der Waals surface area (Å²) in [5, 5.41) is 10.9. The first-order valence-corrected chi connectivity index (χ1v) is 3.58. The lowest BCUT2D eigenvalue weighted by molar-refractivity contribution is 0.788. The van der Waals surface area contributed by atoms with Crippen molar-refractivity contribution < 1.29 is 0 Å². The van der Waals surface area contributed by atoms with Crippen LogP contribution in [-0.4, -0.2) is 20.2 Å². The van der Waals surface area contributed by atoms with Gasteiger partial charge in [0, 0.05) is 0 Å². The van der Waals surface area contributed by atoms with Crippen LogP contribution in [0.2, 0.25) is 0 Å². The van der Waals surface area contributed by atoms with E-state index in [2.05, 4.69) is 21.6 Å². The van der Waals surface area contributed by atoms with Crippen LogP contribution in [0, 0.1) is 13.0 Å². The second-order valence-corrected chi connectivity index (χ2v) is 2.48. The first-order valence-electron chi connectivity index (χ1n) is 3.58. The molecule has 0 aliphatic carbocycles. The Morgan fingerprint density at radius 2 is 2.42 bits per heavy atom. The molecular weight excluding hydrogens is 152 g/mol. The molecule has 1 heterocycles. The van der Waals surface area contributed by atoms with Gasteiger partial charge in [-0.1, -0.05) is 6.07 Å². The minimum atomic E-state index is 0.955. The molecule has 1 radical (unpaired) electrons. The Kier molecular flexibility index (Phi) is 1.59. The quantitative estimate of drug-likeness (QED) is 0.617. The number of aromatic nitrogens is 4. The second kappa shape index (κ2) is 2.73. The van der Waals surface area contributed by atoms with Gasteiger partial charge < -0.3 is 0 Å². The Hall–Kier alpha value is -1.71. The van der Waals surface area contributed by atoms with E-state index in [9.17, 15) is 0 Å². The van der Waals surface area contributed by atoms with Gasteiger partial charge >= 0.3 is 0 Å². The number of rotatable bonds is 1. The van der Waals surface area contributed by atoms with Crippen LogP contribution in [0.15, 0.2) is 24.5 Å². The Labute approximate surface area is 69.8 Å². The maximum Gasteiger partial charge on any atom is 0.143 e. The van der Waals surface area contributed by atoms with Crippen LogP contribution in [0.5, 0.6) is 0 Å². The van der Waals surface area contributed by atoms with Crippen molar-refractivity contribution >= 4 is 0 Å². The largest absolute Gasteiger partial charge is 0.201 e. The summed E-state index contributed by atoms with van der Waals surface area (Å²) in [6.07, 6.45) is 1.56. The lowest BCUT2D eigenvalue weighted by Gasteiger charge is -1.98. The summed E-state index contributed by atoms with van der Waals surface area (Å²) in [5.41, 5.74) is 2.03. The number of tetrazole rings is 1. The van der Waals surface area contributed by atoms with Gasteiger partial charge in [0.25, 0.3) is 0 Å². The molecule has 0 aliphatic rings. The predicted molar refractivity (Wildman–Crippen MR) is 42.7 cm³/mol. The molecule has 0 amide bonds. The minimum Gasteiger partial charge on any atom is -0.201 e. The molecule has 0 atom stereocenters. The van der Waals surface area contributed by atoms with E-state index in [1.165, 1.54) is 0 Å². The minimum absolute atomic E-state index is 0.955. The van der Waals surface area contributed by atoms with Crippen molar-refractivity contribution in [3.63, 3.8) is 0 Å². The number of benzene rings is 1. The van der Waals surface area contributed by atoms with Crippen molar-refractivity contribution in [3.05, 3.63) is 36.2 Å². The van der Waals surface area contributed by atoms with Gasteiger partial charge in [-0.25, -0.2) is 4.68 Å². The van der Waals surface area contributed by atoms with Gasteiger partial charge in [0.2, 0.25) is 0 Å². The topological polar surface area (TPSA) is 43.6 Å². The van der Waals surface area contributed by atoms with Gasteiger partial charge in [-0.15, -0.1) is 5.10 Å². The Balaban J connectivity index is 2.48. The summed E-state index contributed by atoms with van der Waals surface area (Å²) in [7, 11) is 0. The number of hydrogen-bond donors (Lipinski definition) is 0. The first kappa shape index (κ1) is 6.97. The molecule has 4 nitrogen and oxygen atoms in total. The van der Waals surface area contributed by atoms with E-state index in [0.29, 0.717) is 0 Å². The van der Waals surface area contributed by atoms with Crippen molar-refractivity contribution in [2.45, 2.75) is 6.92 Å². The van der Waals surface area contributed by atoms with Gasteiger partial charge in [0.05, 0.1) is 5.69 Å². The fourth-order valence-corrected chi connectivity index (χ4v) is 0.992. The van der Waals surface area contributed by atoms with Crippen molar-refractivity contribution in [2.24, 2.45) is 0 Å². The third-order valence-corrected chi connectivity index (χ3v) is 1.54. The molecule has 2 aromatic rings. The van der Waals surface area contributed by atoms with Crippen molar-refractivity contribution in [3.8, 4) is 5.69 Å². The smallest absolute Gasteiger partial charge is 0.143 e. The number of aryl methyl sites for hydroxylation is 1. The zero-order valence-electron chi connectivity index (χ0n) is 6.60. The molecule has 0 aliphatic heterocycles. The lowest BCUT2D eigenvalue weighted by Crippen LogP contribution is -1.94. The van der Waals surface area contributed by atoms with Gasteiger partial charge in [0.1, 0.15) is 6.33 Å². The molecule has 12 heavy (non-hydrogen) atoms. The monoisotopic (exact) mass is 159 g/mol. The van der Waals surface area contributed by atoms with Crippen molar-refractivity contribution in [1.29, 1.82) is 0 Å². The Bertz CT molecular complexity index is 366. The molecule has 0 saturated carbocycles. The molecule has 4 heteroatoms. The average molecular weight is 159 g/mol. The molecule has 0 N–H and O–H groups in total. The maximum absolute atomic E-state index is 3.77. The summed E-state index contributed by atoms with van der Waals surface area (Å²) in [6.45, 7) is 1.98. The predicted octanol–water partition coefficient (Wildman–Crippen LogP) is 0.771. The average Bonchev–Trinajstić information content (AvgIpc) is 2.56. The van der Waals surface area contributed by atoms with E-state index in [1.54, 1.807) is 11.0 Å². The number of nitrogens with zero attached hydrogens (tertiary/aromatic N) is 4. The van der Waals surface area contributed by atoms with Crippen molar-refractivity contribution in [2.75, 3.05) is 0 Å². The Morgan fingerprint density at radius 3 is 3.08 bits per heavy atom. The maximum atomic E-state index is 3.77. The molecule has 59 valence electrons. The zero-order valence-corrected chi connectivity index (χ0v) is 6.60. The molecule has 1 aromatic carbocycles. The highest BCUT2D eigenvalue weighted by molar-refractivity contribution is 5.32. The van der Waals surface area contributed by atoms with Crippen LogP contribution < -0.4 is 0 Å². The fraction of sp³-hybridized carbons (Fsp3) is 0.125. The standard InChI is InChI=1S/C8H7N4/c1-7-3-2-4-8(5-7)12-6-9-10-11-12/h2,4-6H,1H3. The first-order chi connectivity index (χ1) is 5.86. The van der Waals surface area contributed by atoms with Crippen LogP contribution in [0.1, 0.15) is 5.56 Å². The molecule has 0 unspecified atom stereocenters. The van der Waals surface area contributed by atoms with E-state index >= 15 is 0 Å². The van der Waals surface area contributed by atoms with E-state index in [4.69, 9.17) is 0 Å². The molecule has 0 bridgehead atoms. The second-order valence-electron chi connectivity index (χ2n) is 2.48. The molecule has 0 saturated heterocycles. The third-order valence-electron chi connectivity index (χ3n) is 1.54. The zero-order chi connectivity index (χ0) is 8.39. The summed E-state index contributed by atoms with van der Waals surface area (Å²) >= 11 is 0. The summed E-state index contributed by atoms with van der Waals surface area (Å²) in [4.78, 5) is 0. The highest BCUT2D eigenvalue weighted by atomic mass is 15.5. The van der Waals surface area contributed by atoms with Gasteiger partial charge in [-0.05, 0) is 41.1 Å². The normalized spacial score (nSPS) is 10.1. The van der Waals surface area contributed by atoms with E-state index in [0.717, 1.165) is 11.3 Å². The molecule has 1 aromatic heterocycles. The Morgan fingerprint density at radius 1 is 1.50 bits per heavy atom. The van der Waals surface area contributed by atoms with E-state index in [1.807, 2.05) is 25.1 Å². The third kappa shape index (κ3) is 1.18. The number of hydrogen-bond acceptors (Lipinski definition) is 3. The van der Waals surface area contributed by atoms with Gasteiger partial charge in [0.15, 0.2) is 0 Å². The fourth-order valence-electron chi connectivity index (χ4n) is 0.992. The van der Waals surface area contributed by atoms with Crippen LogP contribution in [0.25, 0.3) is 5.69 Å². The summed E-state index contributed by atoms with van der Waals surface area (Å²) < 4.78 is 1.61. The molecule has 0 spiro atoms. The molecule has 2 rings (SSSR count). The van der Waals surface area contributed by atoms with Gasteiger partial charge in [-0.3, -0.25) is 0 Å². The lowest BCUT2D eigenvalue weighted by atomic mass is 10.2. The summed E-state index contributed by atoms with van der Waals surface area (Å²) in [6, 6.07) is 8.78. The molecular formula is C8H7N4.